The van der Waals surface area contributed by atoms with E-state index in [1.165, 1.54) is 14.6 Å². The molecule has 0 saturated carbocycles. The van der Waals surface area contributed by atoms with E-state index in [4.69, 9.17) is 4.74 Å². The fraction of sp³-hybridized carbons (Fsp3) is 0.643. The lowest BCUT2D eigenvalue weighted by Gasteiger charge is -2.22. The Morgan fingerprint density at radius 1 is 1.58 bits per heavy atom. The number of hydrogen-bond acceptors (Lipinski definition) is 4. The molecule has 0 radical (unpaired) electrons. The third-order valence-corrected chi connectivity index (χ3v) is 5.57. The molecule has 2 heterocycles. The van der Waals surface area contributed by atoms with Gasteiger partial charge in [-0.1, -0.05) is 13.8 Å². The summed E-state index contributed by atoms with van der Waals surface area (Å²) in [6, 6.07) is 2.31. The topological polar surface area (TPSA) is 29.5 Å². The number of carbonyl (C=O) groups is 1. The molecule has 1 aliphatic rings. The maximum Gasteiger partial charge on any atom is 0.409 e. The van der Waals surface area contributed by atoms with Gasteiger partial charge in [-0.15, -0.1) is 23.1 Å². The molecule has 0 spiro atoms. The molecule has 106 valence electrons. The van der Waals surface area contributed by atoms with Crippen molar-refractivity contribution in [3.8, 4) is 0 Å². The fourth-order valence-electron chi connectivity index (χ4n) is 2.38. The van der Waals surface area contributed by atoms with Crippen LogP contribution in [0.4, 0.5) is 4.79 Å². The molecule has 1 aromatic rings. The van der Waals surface area contributed by atoms with E-state index in [0.29, 0.717) is 12.5 Å². The molecule has 1 unspecified atom stereocenters. The van der Waals surface area contributed by atoms with Crippen LogP contribution in [0.2, 0.25) is 0 Å². The predicted molar refractivity (Wildman–Crippen MR) is 81.4 cm³/mol. The van der Waals surface area contributed by atoms with Gasteiger partial charge in [0.25, 0.3) is 0 Å². The standard InChI is InChI=1S/C14H21NO2S2/c1-4-17-14(16)15-7-6-12-11(10(3)9-15)8-13(19-12)18-5-2/h8,10H,4-7,9H2,1-3H3. The Labute approximate surface area is 123 Å². The van der Waals surface area contributed by atoms with Crippen molar-refractivity contribution in [2.75, 3.05) is 25.4 Å². The second-order valence-electron chi connectivity index (χ2n) is 4.67. The molecule has 1 atom stereocenters. The first-order valence-electron chi connectivity index (χ1n) is 6.82. The summed E-state index contributed by atoms with van der Waals surface area (Å²) in [6.07, 6.45) is 0.778. The molecule has 0 aliphatic carbocycles. The maximum atomic E-state index is 11.8. The maximum absolute atomic E-state index is 11.8. The van der Waals surface area contributed by atoms with Crippen molar-refractivity contribution in [3.05, 3.63) is 16.5 Å². The zero-order chi connectivity index (χ0) is 13.8. The summed E-state index contributed by atoms with van der Waals surface area (Å²) >= 11 is 3.79. The van der Waals surface area contributed by atoms with Crippen molar-refractivity contribution in [2.45, 2.75) is 37.3 Å². The minimum absolute atomic E-state index is 0.173. The highest BCUT2D eigenvalue weighted by atomic mass is 32.2. The number of amides is 1. The zero-order valence-electron chi connectivity index (χ0n) is 11.8. The van der Waals surface area contributed by atoms with Gasteiger partial charge in [0.2, 0.25) is 0 Å². The number of hydrogen-bond donors (Lipinski definition) is 0. The van der Waals surface area contributed by atoms with E-state index in [-0.39, 0.29) is 6.09 Å². The van der Waals surface area contributed by atoms with Crippen LogP contribution in [0.5, 0.6) is 0 Å². The van der Waals surface area contributed by atoms with Gasteiger partial charge in [0.15, 0.2) is 0 Å². The first-order valence-corrected chi connectivity index (χ1v) is 8.63. The van der Waals surface area contributed by atoms with E-state index in [1.807, 2.05) is 34.9 Å². The highest BCUT2D eigenvalue weighted by Crippen LogP contribution is 2.37. The van der Waals surface area contributed by atoms with Gasteiger partial charge in [-0.2, -0.15) is 0 Å². The molecule has 1 aliphatic heterocycles. The van der Waals surface area contributed by atoms with Crippen molar-refractivity contribution in [3.63, 3.8) is 0 Å². The lowest BCUT2D eigenvalue weighted by Crippen LogP contribution is -2.34. The van der Waals surface area contributed by atoms with Gasteiger partial charge in [-0.25, -0.2) is 4.79 Å². The average Bonchev–Trinajstić information content (AvgIpc) is 2.71. The molecular formula is C14H21NO2S2. The molecule has 3 nitrogen and oxygen atoms in total. The quantitative estimate of drug-likeness (QED) is 0.791. The number of nitrogens with zero attached hydrogens (tertiary/aromatic N) is 1. The Morgan fingerprint density at radius 2 is 2.37 bits per heavy atom. The van der Waals surface area contributed by atoms with Crippen LogP contribution >= 0.6 is 23.1 Å². The van der Waals surface area contributed by atoms with Gasteiger partial charge in [0.05, 0.1) is 10.8 Å². The molecule has 2 rings (SSSR count). The minimum atomic E-state index is -0.173. The van der Waals surface area contributed by atoms with Crippen molar-refractivity contribution < 1.29 is 9.53 Å². The van der Waals surface area contributed by atoms with E-state index in [1.54, 1.807) is 0 Å². The molecule has 5 heteroatoms. The van der Waals surface area contributed by atoms with Crippen molar-refractivity contribution >= 4 is 29.2 Å². The largest absolute Gasteiger partial charge is 0.450 e. The van der Waals surface area contributed by atoms with Crippen LogP contribution in [0.25, 0.3) is 0 Å². The molecule has 0 aromatic carbocycles. The summed E-state index contributed by atoms with van der Waals surface area (Å²) in [6.45, 7) is 8.21. The average molecular weight is 299 g/mol. The molecular weight excluding hydrogens is 278 g/mol. The van der Waals surface area contributed by atoms with E-state index in [2.05, 4.69) is 19.9 Å². The minimum Gasteiger partial charge on any atom is -0.450 e. The van der Waals surface area contributed by atoms with Gasteiger partial charge >= 0.3 is 6.09 Å². The smallest absolute Gasteiger partial charge is 0.409 e. The predicted octanol–water partition coefficient (Wildman–Crippen LogP) is 3.98. The Kier molecular flexibility index (Phi) is 5.16. The van der Waals surface area contributed by atoms with Gasteiger partial charge < -0.3 is 9.64 Å². The number of thioether (sulfide) groups is 1. The lowest BCUT2D eigenvalue weighted by atomic mass is 10.0. The van der Waals surface area contributed by atoms with Crippen LogP contribution in [-0.2, 0) is 11.2 Å². The summed E-state index contributed by atoms with van der Waals surface area (Å²) in [5, 5.41) is 0. The van der Waals surface area contributed by atoms with Gasteiger partial charge in [-0.3, -0.25) is 0 Å². The fourth-order valence-corrected chi connectivity index (χ4v) is 4.77. The lowest BCUT2D eigenvalue weighted by molar-refractivity contribution is 0.107. The van der Waals surface area contributed by atoms with Crippen LogP contribution in [0.15, 0.2) is 10.3 Å². The number of ether oxygens (including phenoxy) is 1. The van der Waals surface area contributed by atoms with Crippen molar-refractivity contribution in [2.24, 2.45) is 0 Å². The van der Waals surface area contributed by atoms with E-state index in [0.717, 1.165) is 25.3 Å². The molecule has 0 N–H and O–H groups in total. The summed E-state index contributed by atoms with van der Waals surface area (Å²) in [5.74, 6) is 1.51. The van der Waals surface area contributed by atoms with Crippen LogP contribution < -0.4 is 0 Å². The second kappa shape index (κ2) is 6.66. The highest BCUT2D eigenvalue weighted by Gasteiger charge is 2.25. The van der Waals surface area contributed by atoms with Crippen molar-refractivity contribution in [1.82, 2.24) is 4.90 Å². The monoisotopic (exact) mass is 299 g/mol. The van der Waals surface area contributed by atoms with Crippen LogP contribution in [0.3, 0.4) is 0 Å². The molecule has 0 saturated heterocycles. The Hall–Kier alpha value is -0.680. The van der Waals surface area contributed by atoms with Crippen molar-refractivity contribution in [1.29, 1.82) is 0 Å². The van der Waals surface area contributed by atoms with Crippen LogP contribution in [-0.4, -0.2) is 36.4 Å². The van der Waals surface area contributed by atoms with E-state index in [9.17, 15) is 4.79 Å². The third kappa shape index (κ3) is 3.45. The molecule has 0 bridgehead atoms. The molecule has 1 aromatic heterocycles. The number of fused-ring (bicyclic) bond motifs is 1. The summed E-state index contributed by atoms with van der Waals surface area (Å²) in [4.78, 5) is 15.1. The van der Waals surface area contributed by atoms with Gasteiger partial charge in [0.1, 0.15) is 0 Å². The Balaban J connectivity index is 2.10. The third-order valence-electron chi connectivity index (χ3n) is 3.27. The Bertz CT molecular complexity index is 445. The molecule has 1 amide bonds. The normalized spacial score (nSPS) is 18.9. The number of thiophene rings is 1. The number of rotatable bonds is 3. The van der Waals surface area contributed by atoms with E-state index < -0.39 is 0 Å². The zero-order valence-corrected chi connectivity index (χ0v) is 13.4. The van der Waals surface area contributed by atoms with Gasteiger partial charge in [0, 0.05) is 18.0 Å². The second-order valence-corrected chi connectivity index (χ2v) is 7.37. The summed E-state index contributed by atoms with van der Waals surface area (Å²) in [5.41, 5.74) is 1.42. The molecule has 19 heavy (non-hydrogen) atoms. The Morgan fingerprint density at radius 3 is 3.05 bits per heavy atom. The highest BCUT2D eigenvalue weighted by molar-refractivity contribution is 8.01. The van der Waals surface area contributed by atoms with Gasteiger partial charge in [-0.05, 0) is 36.6 Å². The van der Waals surface area contributed by atoms with Crippen LogP contribution in [0.1, 0.15) is 37.1 Å². The van der Waals surface area contributed by atoms with E-state index >= 15 is 0 Å². The number of carbonyl (C=O) groups excluding carboxylic acids is 1. The SMILES string of the molecule is CCOC(=O)N1CCc2sc(SCC)cc2C(C)C1. The summed E-state index contributed by atoms with van der Waals surface area (Å²) < 4.78 is 6.52. The molecule has 0 fully saturated rings. The van der Waals surface area contributed by atoms with Crippen LogP contribution in [0, 0.1) is 0 Å². The summed E-state index contributed by atoms with van der Waals surface area (Å²) in [7, 11) is 0. The first kappa shape index (κ1) is 14.7. The first-order chi connectivity index (χ1) is 9.15.